The first-order valence-electron chi connectivity index (χ1n) is 9.87. The number of esters is 1. The minimum Gasteiger partial charge on any atom is -0.469 e. The van der Waals surface area contributed by atoms with Crippen molar-refractivity contribution < 1.29 is 39.5 Å². The molecule has 9 nitrogen and oxygen atoms in total. The van der Waals surface area contributed by atoms with Gasteiger partial charge in [0.2, 0.25) is 10.0 Å². The third kappa shape index (κ3) is 7.33. The molecule has 14 heteroatoms. The standard InChI is InChI=1S/C20H24F3N3O6S2/c1-32-19(27)4-2-3-14-5-7-15(8-6-14)25-11-12-26-17-10-9-16(34(24,30)31)13-18(17)33(28,29)20(21,22)23/h5-10,13,25-26H,2-4,11-12H2,1H3,(H2,24,30,31). The molecule has 0 heterocycles. The van der Waals surface area contributed by atoms with Crippen LogP contribution >= 0.6 is 0 Å². The lowest BCUT2D eigenvalue weighted by Crippen LogP contribution is -2.25. The van der Waals surface area contributed by atoms with Crippen LogP contribution in [0.1, 0.15) is 18.4 Å². The summed E-state index contributed by atoms with van der Waals surface area (Å²) in [4.78, 5) is 9.14. The molecule has 0 aliphatic rings. The molecule has 0 unspecified atom stereocenters. The molecule has 0 bridgehead atoms. The Kier molecular flexibility index (Phi) is 8.91. The fraction of sp³-hybridized carbons (Fsp3) is 0.350. The fourth-order valence-electron chi connectivity index (χ4n) is 2.90. The molecule has 0 aliphatic heterocycles. The van der Waals surface area contributed by atoms with Crippen LogP contribution < -0.4 is 15.8 Å². The Labute approximate surface area is 195 Å². The average Bonchev–Trinajstić information content (AvgIpc) is 2.76. The van der Waals surface area contributed by atoms with E-state index in [0.717, 1.165) is 17.7 Å². The summed E-state index contributed by atoms with van der Waals surface area (Å²) in [5.74, 6) is -0.281. The van der Waals surface area contributed by atoms with Gasteiger partial charge in [-0.15, -0.1) is 0 Å². The van der Waals surface area contributed by atoms with Gasteiger partial charge in [0.05, 0.1) is 17.7 Å². The Morgan fingerprint density at radius 2 is 1.62 bits per heavy atom. The van der Waals surface area contributed by atoms with Crippen molar-refractivity contribution in [1.29, 1.82) is 0 Å². The van der Waals surface area contributed by atoms with Crippen LogP contribution in [0.2, 0.25) is 0 Å². The Balaban J connectivity index is 2.02. The molecular formula is C20H24F3N3O6S2. The van der Waals surface area contributed by atoms with E-state index in [1.807, 2.05) is 12.1 Å². The Morgan fingerprint density at radius 1 is 1.00 bits per heavy atom. The van der Waals surface area contributed by atoms with Gasteiger partial charge in [0.25, 0.3) is 9.84 Å². The van der Waals surface area contributed by atoms with Gasteiger partial charge >= 0.3 is 11.5 Å². The van der Waals surface area contributed by atoms with Crippen molar-refractivity contribution >= 4 is 37.2 Å². The molecule has 0 aliphatic carbocycles. The zero-order valence-corrected chi connectivity index (χ0v) is 19.7. The predicted octanol–water partition coefficient (Wildman–Crippen LogP) is 2.65. The number of nitrogens with two attached hydrogens (primary N) is 1. The summed E-state index contributed by atoms with van der Waals surface area (Å²) in [7, 11) is -8.92. The molecule has 0 atom stereocenters. The molecule has 4 N–H and O–H groups in total. The van der Waals surface area contributed by atoms with E-state index in [1.54, 1.807) is 12.1 Å². The number of halogens is 3. The topological polar surface area (TPSA) is 145 Å². The van der Waals surface area contributed by atoms with Gasteiger partial charge in [0, 0.05) is 25.2 Å². The molecule has 0 saturated carbocycles. The number of ether oxygens (including phenoxy) is 1. The molecule has 2 rings (SSSR count). The maximum absolute atomic E-state index is 13.1. The summed E-state index contributed by atoms with van der Waals surface area (Å²) in [5.41, 5.74) is -4.32. The Bertz CT molecular complexity index is 1220. The quantitative estimate of drug-likeness (QED) is 0.301. The number of anilines is 2. The SMILES string of the molecule is COC(=O)CCCc1ccc(NCCNc2ccc(S(N)(=O)=O)cc2S(=O)(=O)C(F)(F)F)cc1. The molecular weight excluding hydrogens is 499 g/mol. The Morgan fingerprint density at radius 3 is 2.18 bits per heavy atom. The van der Waals surface area contributed by atoms with E-state index in [4.69, 9.17) is 5.14 Å². The van der Waals surface area contributed by atoms with Crippen LogP contribution in [0.5, 0.6) is 0 Å². The second kappa shape index (κ2) is 11.1. The molecule has 0 amide bonds. The minimum atomic E-state index is -5.83. The number of benzene rings is 2. The van der Waals surface area contributed by atoms with Gasteiger partial charge in [-0.2, -0.15) is 13.2 Å². The van der Waals surface area contributed by atoms with Crippen molar-refractivity contribution in [3.8, 4) is 0 Å². The molecule has 188 valence electrons. The minimum absolute atomic E-state index is 0.0238. The molecule has 0 spiro atoms. The van der Waals surface area contributed by atoms with Crippen LogP contribution in [0.15, 0.2) is 52.3 Å². The largest absolute Gasteiger partial charge is 0.501 e. The van der Waals surface area contributed by atoms with Crippen molar-refractivity contribution in [2.24, 2.45) is 5.14 Å². The normalized spacial score (nSPS) is 12.3. The van der Waals surface area contributed by atoms with Crippen LogP contribution in [-0.4, -0.2) is 48.5 Å². The van der Waals surface area contributed by atoms with Crippen molar-refractivity contribution in [2.45, 2.75) is 34.6 Å². The number of nitrogens with one attached hydrogen (secondary N) is 2. The number of carbonyl (C=O) groups excluding carboxylic acids is 1. The van der Waals surface area contributed by atoms with Crippen molar-refractivity contribution in [3.05, 3.63) is 48.0 Å². The number of sulfonamides is 1. The van der Waals surface area contributed by atoms with E-state index in [-0.39, 0.29) is 19.1 Å². The summed E-state index contributed by atoms with van der Waals surface area (Å²) >= 11 is 0. The van der Waals surface area contributed by atoms with Crippen molar-refractivity contribution in [3.63, 3.8) is 0 Å². The number of carbonyl (C=O) groups is 1. The number of aryl methyl sites for hydroxylation is 1. The first kappa shape index (κ1) is 27.4. The van der Waals surface area contributed by atoms with E-state index in [2.05, 4.69) is 15.4 Å². The first-order chi connectivity index (χ1) is 15.8. The van der Waals surface area contributed by atoms with E-state index < -0.39 is 40.8 Å². The average molecular weight is 524 g/mol. The highest BCUT2D eigenvalue weighted by atomic mass is 32.2. The number of alkyl halides is 3. The number of rotatable bonds is 11. The summed E-state index contributed by atoms with van der Waals surface area (Å²) in [6.07, 6.45) is 1.63. The number of hydrogen-bond acceptors (Lipinski definition) is 8. The predicted molar refractivity (Wildman–Crippen MR) is 119 cm³/mol. The molecule has 2 aromatic rings. The Hall–Kier alpha value is -2.84. The smallest absolute Gasteiger partial charge is 0.469 e. The zero-order chi connectivity index (χ0) is 25.6. The number of hydrogen-bond donors (Lipinski definition) is 3. The summed E-state index contributed by atoms with van der Waals surface area (Å²) in [5, 5.41) is 10.5. The molecule has 0 radical (unpaired) electrons. The lowest BCUT2D eigenvalue weighted by Gasteiger charge is -2.16. The van der Waals surface area contributed by atoms with Crippen molar-refractivity contribution in [2.75, 3.05) is 30.8 Å². The van der Waals surface area contributed by atoms with Gasteiger partial charge in [-0.25, -0.2) is 22.0 Å². The highest BCUT2D eigenvalue weighted by Gasteiger charge is 2.48. The summed E-state index contributed by atoms with van der Waals surface area (Å²) in [6, 6.07) is 9.50. The van der Waals surface area contributed by atoms with E-state index >= 15 is 0 Å². The second-order valence-electron chi connectivity index (χ2n) is 7.13. The van der Waals surface area contributed by atoms with E-state index in [0.29, 0.717) is 31.0 Å². The van der Waals surface area contributed by atoms with Gasteiger partial charge in [0.1, 0.15) is 4.90 Å². The van der Waals surface area contributed by atoms with E-state index in [9.17, 15) is 34.8 Å². The first-order valence-corrected chi connectivity index (χ1v) is 12.9. The van der Waals surface area contributed by atoms with Gasteiger partial charge in [-0.3, -0.25) is 4.79 Å². The van der Waals surface area contributed by atoms with Gasteiger partial charge < -0.3 is 15.4 Å². The van der Waals surface area contributed by atoms with Crippen LogP contribution in [0.4, 0.5) is 24.5 Å². The van der Waals surface area contributed by atoms with Crippen LogP contribution in [0.25, 0.3) is 0 Å². The second-order valence-corrected chi connectivity index (χ2v) is 10.6. The third-order valence-electron chi connectivity index (χ3n) is 4.67. The van der Waals surface area contributed by atoms with Crippen LogP contribution in [-0.2, 0) is 35.8 Å². The number of primary sulfonamides is 1. The lowest BCUT2D eigenvalue weighted by molar-refractivity contribution is -0.140. The summed E-state index contributed by atoms with van der Waals surface area (Å²) < 4.78 is 90.6. The zero-order valence-electron chi connectivity index (χ0n) is 18.1. The monoisotopic (exact) mass is 523 g/mol. The molecule has 0 saturated heterocycles. The molecule has 0 aromatic heterocycles. The maximum Gasteiger partial charge on any atom is 0.501 e. The summed E-state index contributed by atoms with van der Waals surface area (Å²) in [6.45, 7) is 0.236. The third-order valence-corrected chi connectivity index (χ3v) is 7.11. The van der Waals surface area contributed by atoms with Crippen LogP contribution in [0, 0.1) is 0 Å². The fourth-order valence-corrected chi connectivity index (χ4v) is 4.48. The van der Waals surface area contributed by atoms with Gasteiger partial charge in [0.15, 0.2) is 0 Å². The number of methoxy groups -OCH3 is 1. The number of sulfone groups is 1. The van der Waals surface area contributed by atoms with Crippen LogP contribution in [0.3, 0.4) is 0 Å². The molecule has 0 fully saturated rings. The van der Waals surface area contributed by atoms with E-state index in [1.165, 1.54) is 7.11 Å². The van der Waals surface area contributed by atoms with Gasteiger partial charge in [-0.1, -0.05) is 12.1 Å². The molecule has 34 heavy (non-hydrogen) atoms. The highest BCUT2D eigenvalue weighted by molar-refractivity contribution is 7.92. The lowest BCUT2D eigenvalue weighted by atomic mass is 10.1. The van der Waals surface area contributed by atoms with Crippen molar-refractivity contribution in [1.82, 2.24) is 0 Å². The maximum atomic E-state index is 13.1. The molecule has 2 aromatic carbocycles. The van der Waals surface area contributed by atoms with Gasteiger partial charge in [-0.05, 0) is 48.7 Å². The highest BCUT2D eigenvalue weighted by Crippen LogP contribution is 2.35.